The zero-order valence-corrected chi connectivity index (χ0v) is 13.5. The highest BCUT2D eigenvalue weighted by Gasteiger charge is 2.25. The predicted octanol–water partition coefficient (Wildman–Crippen LogP) is 3.59. The summed E-state index contributed by atoms with van der Waals surface area (Å²) in [5.41, 5.74) is 0.790. The Kier molecular flexibility index (Phi) is 5.89. The van der Waals surface area contributed by atoms with E-state index in [9.17, 15) is 9.59 Å². The summed E-state index contributed by atoms with van der Waals surface area (Å²) in [6, 6.07) is 5.48. The van der Waals surface area contributed by atoms with Crippen molar-refractivity contribution in [3.8, 4) is 11.5 Å². The van der Waals surface area contributed by atoms with Crippen LogP contribution in [0.2, 0.25) is 0 Å². The van der Waals surface area contributed by atoms with Crippen molar-refractivity contribution in [2.75, 3.05) is 13.2 Å². The Morgan fingerprint density at radius 2 is 2.00 bits per heavy atom. The quantitative estimate of drug-likeness (QED) is 0.614. The van der Waals surface area contributed by atoms with Gasteiger partial charge in [-0.25, -0.2) is 0 Å². The van der Waals surface area contributed by atoms with Gasteiger partial charge in [-0.15, -0.1) is 0 Å². The van der Waals surface area contributed by atoms with Crippen molar-refractivity contribution in [1.29, 1.82) is 0 Å². The molecule has 2 amide bonds. The summed E-state index contributed by atoms with van der Waals surface area (Å²) in [6.45, 7) is 5.18. The van der Waals surface area contributed by atoms with Gasteiger partial charge in [0, 0.05) is 0 Å². The molecule has 0 aromatic heterocycles. The van der Waals surface area contributed by atoms with Gasteiger partial charge < -0.3 is 9.47 Å². The average molecular weight is 321 g/mol. The molecule has 0 bridgehead atoms. The second kappa shape index (κ2) is 7.89. The normalized spacial score (nSPS) is 16.0. The minimum Gasteiger partial charge on any atom is -0.490 e. The van der Waals surface area contributed by atoms with E-state index in [4.69, 9.17) is 9.47 Å². The van der Waals surface area contributed by atoms with Crippen LogP contribution in [-0.4, -0.2) is 24.4 Å². The largest absolute Gasteiger partial charge is 0.490 e. The Morgan fingerprint density at radius 3 is 2.64 bits per heavy atom. The first kappa shape index (κ1) is 16.4. The first-order valence-electron chi connectivity index (χ1n) is 7.28. The number of thioether (sulfide) groups is 1. The minimum atomic E-state index is -0.365. The van der Waals surface area contributed by atoms with Crippen molar-refractivity contribution >= 4 is 29.0 Å². The average Bonchev–Trinajstić information content (AvgIpc) is 2.79. The smallest absolute Gasteiger partial charge is 0.290 e. The van der Waals surface area contributed by atoms with Gasteiger partial charge in [0.15, 0.2) is 11.5 Å². The number of carbonyl (C=O) groups is 2. The van der Waals surface area contributed by atoms with Crippen LogP contribution < -0.4 is 14.8 Å². The summed E-state index contributed by atoms with van der Waals surface area (Å²) < 4.78 is 11.3. The lowest BCUT2D eigenvalue weighted by molar-refractivity contribution is -0.115. The number of imide groups is 1. The number of unbranched alkanes of at least 4 members (excludes halogenated alkanes) is 1. The Labute approximate surface area is 134 Å². The number of hydrogen-bond donors (Lipinski definition) is 1. The van der Waals surface area contributed by atoms with Crippen molar-refractivity contribution in [1.82, 2.24) is 5.32 Å². The van der Waals surface area contributed by atoms with Crippen LogP contribution in [-0.2, 0) is 4.79 Å². The van der Waals surface area contributed by atoms with Gasteiger partial charge in [0.1, 0.15) is 0 Å². The number of amides is 2. The maximum absolute atomic E-state index is 11.6. The lowest BCUT2D eigenvalue weighted by atomic mass is 10.2. The SMILES string of the molecule is CCCCOc1ccc(C=C2SC(=O)NC2=O)cc1OCC. The lowest BCUT2D eigenvalue weighted by Gasteiger charge is -2.12. The Hall–Kier alpha value is -1.95. The molecule has 1 aliphatic heterocycles. The number of benzene rings is 1. The molecule has 1 aromatic rings. The predicted molar refractivity (Wildman–Crippen MR) is 87.1 cm³/mol. The number of rotatable bonds is 7. The van der Waals surface area contributed by atoms with Gasteiger partial charge in [-0.3, -0.25) is 14.9 Å². The summed E-state index contributed by atoms with van der Waals surface area (Å²) in [4.78, 5) is 23.1. The van der Waals surface area contributed by atoms with Gasteiger partial charge in [-0.2, -0.15) is 0 Å². The Balaban J connectivity index is 2.19. The molecule has 1 aliphatic rings. The number of carbonyl (C=O) groups excluding carboxylic acids is 2. The van der Waals surface area contributed by atoms with Crippen LogP contribution >= 0.6 is 11.8 Å². The molecule has 0 radical (unpaired) electrons. The highest BCUT2D eigenvalue weighted by molar-refractivity contribution is 8.18. The van der Waals surface area contributed by atoms with Crippen molar-refractivity contribution in [2.45, 2.75) is 26.7 Å². The van der Waals surface area contributed by atoms with E-state index in [0.29, 0.717) is 29.6 Å². The second-order valence-corrected chi connectivity index (χ2v) is 5.71. The van der Waals surface area contributed by atoms with Gasteiger partial charge >= 0.3 is 0 Å². The van der Waals surface area contributed by atoms with E-state index in [2.05, 4.69) is 12.2 Å². The van der Waals surface area contributed by atoms with Crippen molar-refractivity contribution < 1.29 is 19.1 Å². The third kappa shape index (κ3) is 4.27. The van der Waals surface area contributed by atoms with Gasteiger partial charge in [-0.1, -0.05) is 19.4 Å². The molecule has 1 saturated heterocycles. The van der Waals surface area contributed by atoms with Gasteiger partial charge in [0.2, 0.25) is 0 Å². The van der Waals surface area contributed by atoms with E-state index in [1.54, 1.807) is 6.08 Å². The number of hydrogen-bond acceptors (Lipinski definition) is 5. The van der Waals surface area contributed by atoms with Gasteiger partial charge in [0.25, 0.3) is 11.1 Å². The zero-order valence-electron chi connectivity index (χ0n) is 12.7. The van der Waals surface area contributed by atoms with E-state index in [1.807, 2.05) is 25.1 Å². The van der Waals surface area contributed by atoms with Crippen molar-refractivity contribution in [3.63, 3.8) is 0 Å². The molecule has 0 saturated carbocycles. The molecule has 0 unspecified atom stereocenters. The summed E-state index contributed by atoms with van der Waals surface area (Å²) in [5, 5.41) is 1.89. The summed E-state index contributed by atoms with van der Waals surface area (Å²) in [6.07, 6.45) is 3.72. The highest BCUT2D eigenvalue weighted by atomic mass is 32.2. The molecule has 1 N–H and O–H groups in total. The van der Waals surface area contributed by atoms with Crippen LogP contribution in [0.1, 0.15) is 32.3 Å². The fraction of sp³-hybridized carbons (Fsp3) is 0.375. The first-order valence-corrected chi connectivity index (χ1v) is 8.10. The van der Waals surface area contributed by atoms with E-state index in [0.717, 1.165) is 30.2 Å². The summed E-state index contributed by atoms with van der Waals surface area (Å²) >= 11 is 0.898. The number of nitrogens with one attached hydrogen (secondary N) is 1. The molecule has 1 aromatic carbocycles. The maximum Gasteiger partial charge on any atom is 0.290 e. The lowest BCUT2D eigenvalue weighted by Crippen LogP contribution is -2.17. The Bertz CT molecular complexity index is 598. The number of ether oxygens (including phenoxy) is 2. The van der Waals surface area contributed by atoms with Crippen LogP contribution in [0, 0.1) is 0 Å². The molecule has 5 nitrogen and oxygen atoms in total. The van der Waals surface area contributed by atoms with E-state index < -0.39 is 0 Å². The van der Waals surface area contributed by atoms with Gasteiger partial charge in [-0.05, 0) is 48.9 Å². The topological polar surface area (TPSA) is 64.6 Å². The van der Waals surface area contributed by atoms with Crippen molar-refractivity contribution in [2.24, 2.45) is 0 Å². The van der Waals surface area contributed by atoms with Gasteiger partial charge in [0.05, 0.1) is 18.1 Å². The molecule has 118 valence electrons. The van der Waals surface area contributed by atoms with E-state index in [-0.39, 0.29) is 11.1 Å². The van der Waals surface area contributed by atoms with Crippen LogP contribution in [0.15, 0.2) is 23.1 Å². The zero-order chi connectivity index (χ0) is 15.9. The van der Waals surface area contributed by atoms with E-state index >= 15 is 0 Å². The van der Waals surface area contributed by atoms with Crippen LogP contribution in [0.5, 0.6) is 11.5 Å². The van der Waals surface area contributed by atoms with E-state index in [1.165, 1.54) is 0 Å². The van der Waals surface area contributed by atoms with Crippen LogP contribution in [0.3, 0.4) is 0 Å². The maximum atomic E-state index is 11.6. The van der Waals surface area contributed by atoms with Crippen LogP contribution in [0.4, 0.5) is 4.79 Å². The van der Waals surface area contributed by atoms with Crippen molar-refractivity contribution in [3.05, 3.63) is 28.7 Å². The fourth-order valence-electron chi connectivity index (χ4n) is 1.90. The molecule has 1 fully saturated rings. The molecule has 6 heteroatoms. The third-order valence-electron chi connectivity index (χ3n) is 2.96. The third-order valence-corrected chi connectivity index (χ3v) is 3.77. The molecule has 0 atom stereocenters. The molecule has 22 heavy (non-hydrogen) atoms. The second-order valence-electron chi connectivity index (χ2n) is 4.69. The first-order chi connectivity index (χ1) is 10.6. The highest BCUT2D eigenvalue weighted by Crippen LogP contribution is 2.31. The fourth-order valence-corrected chi connectivity index (χ4v) is 2.58. The minimum absolute atomic E-state index is 0.346. The molecule has 0 aliphatic carbocycles. The molecular formula is C16H19NO4S. The molecule has 2 rings (SSSR count). The molecule has 1 heterocycles. The standard InChI is InChI=1S/C16H19NO4S/c1-3-5-8-21-12-7-6-11(9-13(12)20-4-2)10-14-15(18)17-16(19)22-14/h6-7,9-10H,3-5,8H2,1-2H3,(H,17,18,19). The Morgan fingerprint density at radius 1 is 1.18 bits per heavy atom. The monoisotopic (exact) mass is 321 g/mol. The summed E-state index contributed by atoms with van der Waals surface area (Å²) in [7, 11) is 0. The molecular weight excluding hydrogens is 302 g/mol. The van der Waals surface area contributed by atoms with Crippen LogP contribution in [0.25, 0.3) is 6.08 Å². The molecule has 0 spiro atoms. The summed E-state index contributed by atoms with van der Waals surface area (Å²) in [5.74, 6) is 0.968.